The molecule has 0 radical (unpaired) electrons. The first-order chi connectivity index (χ1) is 9.79. The summed E-state index contributed by atoms with van der Waals surface area (Å²) in [6.07, 6.45) is 5.20. The van der Waals surface area contributed by atoms with Gasteiger partial charge in [0, 0.05) is 12.4 Å². The van der Waals surface area contributed by atoms with E-state index >= 15 is 0 Å². The Labute approximate surface area is 114 Å². The van der Waals surface area contributed by atoms with Crippen molar-refractivity contribution < 1.29 is 14.4 Å². The average Bonchev–Trinajstić information content (AvgIpc) is 3.11. The van der Waals surface area contributed by atoms with Crippen molar-refractivity contribution >= 4 is 0 Å². The van der Waals surface area contributed by atoms with Gasteiger partial charge in [0.2, 0.25) is 0 Å². The molecule has 0 amide bonds. The van der Waals surface area contributed by atoms with Crippen molar-refractivity contribution in [3.8, 4) is 11.5 Å². The molecule has 0 spiro atoms. The van der Waals surface area contributed by atoms with Gasteiger partial charge in [0.25, 0.3) is 5.89 Å². The molecule has 0 aliphatic heterocycles. The number of phenolic OH excluding ortho intramolecular Hbond substituents is 1. The zero-order chi connectivity index (χ0) is 13.8. The third-order valence-electron chi connectivity index (χ3n) is 2.59. The molecule has 0 unspecified atom stereocenters. The van der Waals surface area contributed by atoms with E-state index in [1.807, 2.05) is 10.8 Å². The maximum Gasteiger partial charge on any atom is 0.264 e. The van der Waals surface area contributed by atoms with Gasteiger partial charge in [0.1, 0.15) is 11.5 Å². The fourth-order valence-electron chi connectivity index (χ4n) is 1.64. The molecular weight excluding hydrogens is 260 g/mol. The summed E-state index contributed by atoms with van der Waals surface area (Å²) in [4.78, 5) is 8.16. The second-order valence-corrected chi connectivity index (χ2v) is 4.12. The SMILES string of the molecule is Oc1ccc(OCc2nc(Cn3ccnc3)no2)cc1. The van der Waals surface area contributed by atoms with Crippen LogP contribution in [0.15, 0.2) is 47.5 Å². The lowest BCUT2D eigenvalue weighted by Crippen LogP contribution is -1.99. The summed E-state index contributed by atoms with van der Waals surface area (Å²) < 4.78 is 12.4. The van der Waals surface area contributed by atoms with E-state index in [4.69, 9.17) is 14.4 Å². The molecule has 0 aliphatic carbocycles. The number of nitrogens with zero attached hydrogens (tertiary/aromatic N) is 4. The maximum atomic E-state index is 9.16. The molecule has 1 aromatic carbocycles. The van der Waals surface area contributed by atoms with Crippen LogP contribution in [0.4, 0.5) is 0 Å². The Bertz CT molecular complexity index is 661. The molecular formula is C13H12N4O3. The predicted octanol–water partition coefficient (Wildman–Crippen LogP) is 1.60. The van der Waals surface area contributed by atoms with E-state index in [2.05, 4.69) is 15.1 Å². The Kier molecular flexibility index (Phi) is 3.32. The fourth-order valence-corrected chi connectivity index (χ4v) is 1.64. The van der Waals surface area contributed by atoms with Crippen LogP contribution in [0.25, 0.3) is 0 Å². The van der Waals surface area contributed by atoms with Crippen LogP contribution in [-0.4, -0.2) is 24.8 Å². The van der Waals surface area contributed by atoms with E-state index in [-0.39, 0.29) is 12.4 Å². The number of imidazole rings is 1. The molecule has 0 saturated heterocycles. The first kappa shape index (κ1) is 12.2. The molecule has 3 aromatic rings. The number of aromatic hydroxyl groups is 1. The first-order valence-electron chi connectivity index (χ1n) is 5.98. The van der Waals surface area contributed by atoms with Crippen LogP contribution in [0, 0.1) is 0 Å². The molecule has 7 nitrogen and oxygen atoms in total. The number of hydrogen-bond donors (Lipinski definition) is 1. The summed E-state index contributed by atoms with van der Waals surface area (Å²) >= 11 is 0. The van der Waals surface area contributed by atoms with Crippen molar-refractivity contribution in [3.05, 3.63) is 54.7 Å². The monoisotopic (exact) mass is 272 g/mol. The number of hydrogen-bond acceptors (Lipinski definition) is 6. The topological polar surface area (TPSA) is 86.2 Å². The van der Waals surface area contributed by atoms with Crippen LogP contribution in [0.3, 0.4) is 0 Å². The molecule has 0 saturated carbocycles. The van der Waals surface area contributed by atoms with E-state index in [9.17, 15) is 0 Å². The Morgan fingerprint density at radius 2 is 2.10 bits per heavy atom. The smallest absolute Gasteiger partial charge is 0.264 e. The molecule has 0 aliphatic rings. The van der Waals surface area contributed by atoms with Crippen molar-refractivity contribution in [3.63, 3.8) is 0 Å². The van der Waals surface area contributed by atoms with Crippen LogP contribution < -0.4 is 4.74 Å². The molecule has 20 heavy (non-hydrogen) atoms. The summed E-state index contributed by atoms with van der Waals surface area (Å²) in [6.45, 7) is 0.685. The molecule has 1 N–H and O–H groups in total. The standard InChI is InChI=1S/C13H12N4O3/c18-10-1-3-11(4-2-10)19-8-13-15-12(16-20-13)7-17-6-5-14-9-17/h1-6,9,18H,7-8H2. The molecule has 102 valence electrons. The van der Waals surface area contributed by atoms with Gasteiger partial charge in [-0.2, -0.15) is 4.98 Å². The van der Waals surface area contributed by atoms with E-state index in [1.165, 1.54) is 0 Å². The minimum absolute atomic E-state index is 0.182. The van der Waals surface area contributed by atoms with Crippen molar-refractivity contribution in [2.24, 2.45) is 0 Å². The molecule has 0 atom stereocenters. The third-order valence-corrected chi connectivity index (χ3v) is 2.59. The average molecular weight is 272 g/mol. The lowest BCUT2D eigenvalue weighted by molar-refractivity contribution is 0.242. The van der Waals surface area contributed by atoms with E-state index < -0.39 is 0 Å². The summed E-state index contributed by atoms with van der Waals surface area (Å²) in [5, 5.41) is 13.0. The normalized spacial score (nSPS) is 10.6. The minimum atomic E-state index is 0.182. The van der Waals surface area contributed by atoms with Crippen LogP contribution in [0.2, 0.25) is 0 Å². The number of benzene rings is 1. The highest BCUT2D eigenvalue weighted by Gasteiger charge is 2.07. The molecule has 3 rings (SSSR count). The predicted molar refractivity (Wildman–Crippen MR) is 68.1 cm³/mol. The highest BCUT2D eigenvalue weighted by atomic mass is 16.5. The molecule has 7 heteroatoms. The van der Waals surface area contributed by atoms with Gasteiger partial charge in [-0.05, 0) is 24.3 Å². The zero-order valence-electron chi connectivity index (χ0n) is 10.5. The zero-order valence-corrected chi connectivity index (χ0v) is 10.5. The van der Waals surface area contributed by atoms with Crippen molar-refractivity contribution in [1.82, 2.24) is 19.7 Å². The molecule has 0 fully saturated rings. The molecule has 2 heterocycles. The van der Waals surface area contributed by atoms with Gasteiger partial charge < -0.3 is 18.9 Å². The van der Waals surface area contributed by atoms with Gasteiger partial charge >= 0.3 is 0 Å². The Hall–Kier alpha value is -2.83. The second-order valence-electron chi connectivity index (χ2n) is 4.12. The number of phenols is 1. The Balaban J connectivity index is 1.58. The summed E-state index contributed by atoms with van der Waals surface area (Å²) in [5.41, 5.74) is 0. The van der Waals surface area contributed by atoms with Gasteiger partial charge in [-0.15, -0.1) is 0 Å². The van der Waals surface area contributed by atoms with Crippen LogP contribution in [-0.2, 0) is 13.2 Å². The highest BCUT2D eigenvalue weighted by molar-refractivity contribution is 5.30. The van der Waals surface area contributed by atoms with Crippen LogP contribution >= 0.6 is 0 Å². The summed E-state index contributed by atoms with van der Waals surface area (Å²) in [7, 11) is 0. The summed E-state index contributed by atoms with van der Waals surface area (Å²) in [5.74, 6) is 1.77. The van der Waals surface area contributed by atoms with E-state index in [0.29, 0.717) is 24.0 Å². The van der Waals surface area contributed by atoms with Gasteiger partial charge in [0.05, 0.1) is 12.9 Å². The fraction of sp³-hybridized carbons (Fsp3) is 0.154. The molecule has 0 bridgehead atoms. The number of ether oxygens (including phenoxy) is 1. The van der Waals surface area contributed by atoms with Crippen molar-refractivity contribution in [2.75, 3.05) is 0 Å². The quantitative estimate of drug-likeness (QED) is 0.759. The Morgan fingerprint density at radius 1 is 1.25 bits per heavy atom. The minimum Gasteiger partial charge on any atom is -0.508 e. The maximum absolute atomic E-state index is 9.16. The third kappa shape index (κ3) is 2.94. The van der Waals surface area contributed by atoms with E-state index in [1.54, 1.807) is 36.8 Å². The first-order valence-corrected chi connectivity index (χ1v) is 5.98. The van der Waals surface area contributed by atoms with Crippen LogP contribution in [0.5, 0.6) is 11.5 Å². The summed E-state index contributed by atoms with van der Waals surface area (Å²) in [6, 6.07) is 6.43. The largest absolute Gasteiger partial charge is 0.508 e. The highest BCUT2D eigenvalue weighted by Crippen LogP contribution is 2.16. The number of rotatable bonds is 5. The Morgan fingerprint density at radius 3 is 2.85 bits per heavy atom. The second kappa shape index (κ2) is 5.43. The lowest BCUT2D eigenvalue weighted by atomic mass is 10.3. The van der Waals surface area contributed by atoms with Gasteiger partial charge in [-0.3, -0.25) is 0 Å². The number of aromatic nitrogens is 4. The van der Waals surface area contributed by atoms with Gasteiger partial charge in [-0.25, -0.2) is 4.98 Å². The molecule has 2 aromatic heterocycles. The van der Waals surface area contributed by atoms with Gasteiger partial charge in [0.15, 0.2) is 12.4 Å². The van der Waals surface area contributed by atoms with Crippen LogP contribution in [0.1, 0.15) is 11.7 Å². The van der Waals surface area contributed by atoms with Crippen molar-refractivity contribution in [1.29, 1.82) is 0 Å². The van der Waals surface area contributed by atoms with Crippen molar-refractivity contribution in [2.45, 2.75) is 13.2 Å². The van der Waals surface area contributed by atoms with Gasteiger partial charge in [-0.1, -0.05) is 5.16 Å². The van der Waals surface area contributed by atoms with E-state index in [0.717, 1.165) is 0 Å². The lowest BCUT2D eigenvalue weighted by Gasteiger charge is -2.02.